The van der Waals surface area contributed by atoms with Gasteiger partial charge in [0.1, 0.15) is 11.8 Å². The second kappa shape index (κ2) is 5.67. The van der Waals surface area contributed by atoms with Crippen LogP contribution in [-0.4, -0.2) is 28.8 Å². The number of carbonyl (C=O) groups excluding carboxylic acids is 2. The van der Waals surface area contributed by atoms with E-state index in [1.807, 2.05) is 0 Å². The van der Waals surface area contributed by atoms with E-state index >= 15 is 0 Å². The molecule has 22 heavy (non-hydrogen) atoms. The first-order chi connectivity index (χ1) is 10.4. The Kier molecular flexibility index (Phi) is 4.00. The minimum atomic E-state index is -1.04. The van der Waals surface area contributed by atoms with Gasteiger partial charge in [-0.15, -0.1) is 0 Å². The van der Waals surface area contributed by atoms with Crippen LogP contribution in [0.3, 0.4) is 0 Å². The van der Waals surface area contributed by atoms with Gasteiger partial charge in [0.05, 0.1) is 0 Å². The molecule has 5 nitrogen and oxygen atoms in total. The van der Waals surface area contributed by atoms with Crippen molar-refractivity contribution in [3.8, 4) is 0 Å². The number of aliphatic carboxylic acids is 1. The number of hydrogen-bond acceptors (Lipinski definition) is 3. The van der Waals surface area contributed by atoms with E-state index in [1.165, 1.54) is 26.2 Å². The Morgan fingerprint density at radius 1 is 1.09 bits per heavy atom. The second-order valence-electron chi connectivity index (χ2n) is 7.80. The number of carboxylic acids is 1. The van der Waals surface area contributed by atoms with Crippen molar-refractivity contribution in [3.63, 3.8) is 0 Å². The summed E-state index contributed by atoms with van der Waals surface area (Å²) in [6.07, 6.45) is 6.89. The lowest BCUT2D eigenvalue weighted by molar-refractivity contribution is -0.151. The third-order valence-corrected chi connectivity index (χ3v) is 5.91. The molecule has 0 aromatic rings. The number of rotatable bonds is 6. The number of hydrogen-bond donors (Lipinski definition) is 2. The molecule has 0 saturated heterocycles. The molecule has 0 heterocycles. The molecule has 2 N–H and O–H groups in total. The lowest BCUT2D eigenvalue weighted by Gasteiger charge is -2.55. The Bertz CT molecular complexity index is 464. The maximum absolute atomic E-state index is 12.8. The second-order valence-corrected chi connectivity index (χ2v) is 7.80. The first-order valence-corrected chi connectivity index (χ1v) is 8.41. The Balaban J connectivity index is 1.67. The minimum Gasteiger partial charge on any atom is -0.480 e. The molecule has 0 unspecified atom stereocenters. The van der Waals surface area contributed by atoms with Gasteiger partial charge in [-0.3, -0.25) is 4.79 Å². The number of carboxylic acid groups (broad SMARTS) is 1. The molecule has 0 aliphatic heterocycles. The molecule has 0 aromatic carbocycles. The molecule has 122 valence electrons. The zero-order chi connectivity index (χ0) is 15.9. The topological polar surface area (TPSA) is 83.5 Å². The van der Waals surface area contributed by atoms with E-state index in [4.69, 9.17) is 0 Å². The highest BCUT2D eigenvalue weighted by Crippen LogP contribution is 2.60. The number of amides is 1. The summed E-state index contributed by atoms with van der Waals surface area (Å²) in [5.41, 5.74) is -0.335. The van der Waals surface area contributed by atoms with Gasteiger partial charge in [-0.1, -0.05) is 0 Å². The van der Waals surface area contributed by atoms with Crippen molar-refractivity contribution < 1.29 is 19.5 Å². The average molecular weight is 307 g/mol. The molecule has 0 radical (unpaired) electrons. The van der Waals surface area contributed by atoms with Crippen LogP contribution < -0.4 is 5.32 Å². The van der Waals surface area contributed by atoms with Gasteiger partial charge >= 0.3 is 5.97 Å². The molecule has 1 atom stereocenters. The lowest BCUT2D eigenvalue weighted by atomic mass is 9.49. The summed E-state index contributed by atoms with van der Waals surface area (Å²) in [5, 5.41) is 12.0. The fraction of sp³-hybridized carbons (Fsp3) is 0.824. The molecular weight excluding hydrogens is 282 g/mol. The van der Waals surface area contributed by atoms with E-state index in [9.17, 15) is 19.5 Å². The molecule has 0 aromatic heterocycles. The molecule has 4 fully saturated rings. The average Bonchev–Trinajstić information content (AvgIpc) is 2.41. The molecule has 0 spiro atoms. The zero-order valence-electron chi connectivity index (χ0n) is 13.1. The maximum atomic E-state index is 12.8. The van der Waals surface area contributed by atoms with Crippen LogP contribution in [0.25, 0.3) is 0 Å². The Hall–Kier alpha value is -1.39. The summed E-state index contributed by atoms with van der Waals surface area (Å²) < 4.78 is 0. The van der Waals surface area contributed by atoms with Gasteiger partial charge < -0.3 is 15.2 Å². The van der Waals surface area contributed by atoms with Crippen LogP contribution in [0.1, 0.15) is 58.3 Å². The molecule has 4 saturated carbocycles. The SMILES string of the molecule is CC(=O)CC[C@@H](NC(=O)C12CC3CC(CC(C3)C1)C2)C(=O)O. The third kappa shape index (κ3) is 2.90. The van der Waals surface area contributed by atoms with E-state index < -0.39 is 12.0 Å². The Morgan fingerprint density at radius 3 is 2.00 bits per heavy atom. The number of ketones is 1. The van der Waals surface area contributed by atoms with E-state index in [1.54, 1.807) is 0 Å². The molecular formula is C17H25NO4. The van der Waals surface area contributed by atoms with Crippen molar-refractivity contribution in [3.05, 3.63) is 0 Å². The van der Waals surface area contributed by atoms with Gasteiger partial charge in [-0.05, 0) is 69.6 Å². The highest BCUT2D eigenvalue weighted by molar-refractivity contribution is 5.88. The smallest absolute Gasteiger partial charge is 0.326 e. The summed E-state index contributed by atoms with van der Waals surface area (Å²) in [4.78, 5) is 35.2. The van der Waals surface area contributed by atoms with Crippen LogP contribution in [0, 0.1) is 23.2 Å². The number of nitrogens with one attached hydrogen (secondary N) is 1. The zero-order valence-corrected chi connectivity index (χ0v) is 13.1. The first kappa shape index (κ1) is 15.5. The van der Waals surface area contributed by atoms with E-state index in [-0.39, 0.29) is 29.9 Å². The summed E-state index contributed by atoms with van der Waals surface area (Å²) in [6, 6.07) is -0.940. The highest BCUT2D eigenvalue weighted by atomic mass is 16.4. The fourth-order valence-corrected chi connectivity index (χ4v) is 5.31. The lowest BCUT2D eigenvalue weighted by Crippen LogP contribution is -2.56. The molecule has 4 rings (SSSR count). The van der Waals surface area contributed by atoms with Gasteiger partial charge in [-0.2, -0.15) is 0 Å². The van der Waals surface area contributed by atoms with E-state index in [2.05, 4.69) is 5.32 Å². The summed E-state index contributed by atoms with van der Waals surface area (Å²) in [6.45, 7) is 1.44. The molecule has 1 amide bonds. The summed E-state index contributed by atoms with van der Waals surface area (Å²) in [7, 11) is 0. The largest absolute Gasteiger partial charge is 0.480 e. The minimum absolute atomic E-state index is 0.0460. The fourth-order valence-electron chi connectivity index (χ4n) is 5.31. The van der Waals surface area contributed by atoms with Crippen LogP contribution in [0.4, 0.5) is 0 Å². The van der Waals surface area contributed by atoms with Crippen molar-refractivity contribution >= 4 is 17.7 Å². The predicted octanol–water partition coefficient (Wildman–Crippen LogP) is 2.14. The monoisotopic (exact) mass is 307 g/mol. The standard InChI is InChI=1S/C17H25NO4/c1-10(19)2-3-14(15(20)21)18-16(22)17-7-11-4-12(8-17)6-13(5-11)9-17/h11-14H,2-9H2,1H3,(H,18,22)(H,20,21)/t11?,12?,13?,14-,17?/m1/s1. The van der Waals surface area contributed by atoms with E-state index in [0.29, 0.717) is 17.8 Å². The van der Waals surface area contributed by atoms with Crippen LogP contribution in [0.5, 0.6) is 0 Å². The van der Waals surface area contributed by atoms with Gasteiger partial charge in [0.2, 0.25) is 5.91 Å². The quantitative estimate of drug-likeness (QED) is 0.787. The van der Waals surface area contributed by atoms with Crippen molar-refractivity contribution in [2.75, 3.05) is 0 Å². The van der Waals surface area contributed by atoms with Gasteiger partial charge in [0, 0.05) is 11.8 Å². The molecule has 4 aliphatic rings. The van der Waals surface area contributed by atoms with Gasteiger partial charge in [0.25, 0.3) is 0 Å². The van der Waals surface area contributed by atoms with E-state index in [0.717, 1.165) is 19.3 Å². The van der Waals surface area contributed by atoms with Crippen LogP contribution in [0.15, 0.2) is 0 Å². The molecule has 4 bridgehead atoms. The summed E-state index contributed by atoms with van der Waals surface area (Å²) in [5.74, 6) is 0.782. The third-order valence-electron chi connectivity index (χ3n) is 5.91. The first-order valence-electron chi connectivity index (χ1n) is 8.41. The van der Waals surface area contributed by atoms with Gasteiger partial charge in [-0.25, -0.2) is 4.79 Å². The Morgan fingerprint density at radius 2 is 1.59 bits per heavy atom. The summed E-state index contributed by atoms with van der Waals surface area (Å²) >= 11 is 0. The number of Topliss-reactive ketones (excluding diaryl/α,β-unsaturated/α-hetero) is 1. The van der Waals surface area contributed by atoms with Crippen LogP contribution in [-0.2, 0) is 14.4 Å². The van der Waals surface area contributed by atoms with Crippen LogP contribution in [0.2, 0.25) is 0 Å². The van der Waals surface area contributed by atoms with Crippen molar-refractivity contribution in [2.24, 2.45) is 23.2 Å². The maximum Gasteiger partial charge on any atom is 0.326 e. The highest BCUT2D eigenvalue weighted by Gasteiger charge is 2.54. The van der Waals surface area contributed by atoms with Crippen molar-refractivity contribution in [1.29, 1.82) is 0 Å². The number of carbonyl (C=O) groups is 3. The van der Waals surface area contributed by atoms with Crippen molar-refractivity contribution in [2.45, 2.75) is 64.3 Å². The molecule has 4 aliphatic carbocycles. The molecule has 5 heteroatoms. The van der Waals surface area contributed by atoms with Crippen molar-refractivity contribution in [1.82, 2.24) is 5.32 Å². The Labute approximate surface area is 130 Å². The normalized spacial score (nSPS) is 36.9. The van der Waals surface area contributed by atoms with Gasteiger partial charge in [0.15, 0.2) is 0 Å². The van der Waals surface area contributed by atoms with Crippen LogP contribution >= 0.6 is 0 Å². The predicted molar refractivity (Wildman–Crippen MR) is 80.1 cm³/mol.